The molecule has 0 heterocycles. The molecule has 0 spiro atoms. The number of hydrogen-bond donors (Lipinski definition) is 5. The highest BCUT2D eigenvalue weighted by atomic mass is 16.5. The third kappa shape index (κ3) is 4.64. The molecular weight excluding hydrogens is 370 g/mol. The van der Waals surface area contributed by atoms with Crippen LogP contribution in [0, 0.1) is 5.41 Å². The van der Waals surface area contributed by atoms with E-state index in [2.05, 4.69) is 18.5 Å². The van der Waals surface area contributed by atoms with E-state index in [0.29, 0.717) is 33.7 Å². The number of carbonyl (C=O) groups is 1. The third-order valence-electron chi connectivity index (χ3n) is 4.49. The van der Waals surface area contributed by atoms with Gasteiger partial charge in [0, 0.05) is 22.4 Å². The summed E-state index contributed by atoms with van der Waals surface area (Å²) in [6.07, 6.45) is 3.17. The molecule has 0 amide bonds. The maximum absolute atomic E-state index is 12.4. The number of rotatable bonds is 10. The van der Waals surface area contributed by atoms with Crippen LogP contribution < -0.4 is 15.8 Å². The fraction of sp³-hybridized carbons (Fsp3) is 0.182. The first-order chi connectivity index (χ1) is 13.8. The predicted octanol–water partition coefficient (Wildman–Crippen LogP) is 3.04. The van der Waals surface area contributed by atoms with Crippen LogP contribution in [0.2, 0.25) is 0 Å². The minimum Gasteiger partial charge on any atom is -0.490 e. The molecule has 0 radical (unpaired) electrons. The van der Waals surface area contributed by atoms with E-state index in [0.717, 1.165) is 0 Å². The number of ether oxygens (including phenoxy) is 1. The molecule has 6 N–H and O–H groups in total. The van der Waals surface area contributed by atoms with Crippen molar-refractivity contribution in [3.05, 3.63) is 71.8 Å². The summed E-state index contributed by atoms with van der Waals surface area (Å²) in [6.45, 7) is 8.85. The van der Waals surface area contributed by atoms with Crippen LogP contribution in [0.1, 0.15) is 29.2 Å². The van der Waals surface area contributed by atoms with Gasteiger partial charge in [-0.1, -0.05) is 25.3 Å². The van der Waals surface area contributed by atoms with Crippen molar-refractivity contribution in [1.29, 1.82) is 5.41 Å². The number of aliphatic hydroxyl groups excluding tert-OH is 1. The first-order valence-corrected chi connectivity index (χ1v) is 8.90. The van der Waals surface area contributed by atoms with Crippen molar-refractivity contribution in [3.63, 3.8) is 0 Å². The van der Waals surface area contributed by atoms with Crippen LogP contribution in [-0.2, 0) is 10.3 Å². The summed E-state index contributed by atoms with van der Waals surface area (Å²) >= 11 is 0. The number of nitrogens with two attached hydrogens (primary N) is 1. The number of carboxylic acids is 1. The molecule has 0 fully saturated rings. The number of amidine groups is 1. The van der Waals surface area contributed by atoms with Crippen molar-refractivity contribution >= 4 is 29.6 Å². The van der Waals surface area contributed by atoms with E-state index in [1.807, 2.05) is 0 Å². The zero-order valence-corrected chi connectivity index (χ0v) is 16.2. The summed E-state index contributed by atoms with van der Waals surface area (Å²) in [6, 6.07) is 10.0. The summed E-state index contributed by atoms with van der Waals surface area (Å²) in [7, 11) is 0. The molecule has 2 aromatic carbocycles. The van der Waals surface area contributed by atoms with Gasteiger partial charge in [-0.05, 0) is 48.9 Å². The molecule has 2 aromatic rings. The number of anilines is 1. The Labute approximate surface area is 169 Å². The van der Waals surface area contributed by atoms with Crippen LogP contribution in [0.15, 0.2) is 49.6 Å². The molecule has 0 saturated heterocycles. The average Bonchev–Trinajstić information content (AvgIpc) is 2.71. The largest absolute Gasteiger partial charge is 0.490 e. The molecule has 152 valence electrons. The molecule has 0 bridgehead atoms. The van der Waals surface area contributed by atoms with E-state index < -0.39 is 11.5 Å². The van der Waals surface area contributed by atoms with E-state index >= 15 is 0 Å². The highest BCUT2D eigenvalue weighted by molar-refractivity contribution is 5.95. The lowest BCUT2D eigenvalue weighted by atomic mass is 9.87. The number of hydrogen-bond acceptors (Lipinski definition) is 5. The quantitative estimate of drug-likeness (QED) is 0.311. The molecule has 0 saturated carbocycles. The number of aliphatic hydroxyl groups is 1. The fourth-order valence-corrected chi connectivity index (χ4v) is 2.88. The normalized spacial score (nSPS) is 12.5. The monoisotopic (exact) mass is 395 g/mol. The second-order valence-electron chi connectivity index (χ2n) is 6.51. The van der Waals surface area contributed by atoms with Gasteiger partial charge < -0.3 is 26.0 Å². The second-order valence-corrected chi connectivity index (χ2v) is 6.51. The van der Waals surface area contributed by atoms with Gasteiger partial charge in [0.1, 0.15) is 18.2 Å². The Morgan fingerprint density at radius 3 is 2.41 bits per heavy atom. The number of benzene rings is 2. The van der Waals surface area contributed by atoms with Gasteiger partial charge in [0.25, 0.3) is 0 Å². The first-order valence-electron chi connectivity index (χ1n) is 8.90. The van der Waals surface area contributed by atoms with Crippen molar-refractivity contribution in [2.75, 3.05) is 18.5 Å². The highest BCUT2D eigenvalue weighted by Crippen LogP contribution is 2.38. The predicted molar refractivity (Wildman–Crippen MR) is 115 cm³/mol. The molecule has 7 heteroatoms. The minimum absolute atomic E-state index is 0.00425. The maximum Gasteiger partial charge on any atom is 0.333 e. The average molecular weight is 395 g/mol. The van der Waals surface area contributed by atoms with Crippen molar-refractivity contribution < 1.29 is 19.7 Å². The molecule has 29 heavy (non-hydrogen) atoms. The molecule has 0 aliphatic rings. The lowest BCUT2D eigenvalue weighted by Crippen LogP contribution is -2.41. The summed E-state index contributed by atoms with van der Waals surface area (Å²) in [5.74, 6) is -0.887. The van der Waals surface area contributed by atoms with E-state index in [4.69, 9.17) is 15.9 Å². The molecule has 0 aromatic heterocycles. The molecule has 1 unspecified atom stereocenters. The lowest BCUT2D eigenvalue weighted by molar-refractivity contribution is -0.142. The third-order valence-corrected chi connectivity index (χ3v) is 4.49. The molecule has 0 aliphatic carbocycles. The van der Waals surface area contributed by atoms with Gasteiger partial charge in [-0.2, -0.15) is 0 Å². The van der Waals surface area contributed by atoms with Crippen LogP contribution in [0.4, 0.5) is 5.69 Å². The standard InChI is InChI=1S/C22H25N3O4/c1-4-14-12-15(5-2)19(29-11-10-26)18(13-14)22(3,21(27)28)25-17-8-6-16(7-9-17)20(23)24/h4-9,12-13,25-26H,1-2,10-11H2,3H3,(H3,23,24)(H,27,28). The van der Waals surface area contributed by atoms with Crippen molar-refractivity contribution in [1.82, 2.24) is 0 Å². The summed E-state index contributed by atoms with van der Waals surface area (Å²) in [5.41, 5.74) is 6.61. The van der Waals surface area contributed by atoms with Gasteiger partial charge in [0.15, 0.2) is 5.54 Å². The number of aliphatic carboxylic acids is 1. The fourth-order valence-electron chi connectivity index (χ4n) is 2.88. The Bertz CT molecular complexity index is 938. The first kappa shape index (κ1) is 21.7. The van der Waals surface area contributed by atoms with Crippen LogP contribution >= 0.6 is 0 Å². The van der Waals surface area contributed by atoms with Crippen LogP contribution in [-0.4, -0.2) is 35.2 Å². The van der Waals surface area contributed by atoms with Gasteiger partial charge in [-0.25, -0.2) is 4.79 Å². The summed E-state index contributed by atoms with van der Waals surface area (Å²) in [4.78, 5) is 12.4. The number of carboxylic acid groups (broad SMARTS) is 1. The Kier molecular flexibility index (Phi) is 6.80. The second kappa shape index (κ2) is 9.07. The van der Waals surface area contributed by atoms with E-state index in [1.54, 1.807) is 48.6 Å². The van der Waals surface area contributed by atoms with Crippen molar-refractivity contribution in [3.8, 4) is 5.75 Å². The van der Waals surface area contributed by atoms with Crippen LogP contribution in [0.3, 0.4) is 0 Å². The van der Waals surface area contributed by atoms with Gasteiger partial charge in [0.05, 0.1) is 6.61 Å². The van der Waals surface area contributed by atoms with Crippen molar-refractivity contribution in [2.24, 2.45) is 5.73 Å². The van der Waals surface area contributed by atoms with Gasteiger partial charge in [0.2, 0.25) is 0 Å². The van der Waals surface area contributed by atoms with E-state index in [9.17, 15) is 15.0 Å². The molecule has 7 nitrogen and oxygen atoms in total. The zero-order chi connectivity index (χ0) is 21.6. The van der Waals surface area contributed by atoms with Crippen LogP contribution in [0.5, 0.6) is 5.75 Å². The van der Waals surface area contributed by atoms with Crippen LogP contribution in [0.25, 0.3) is 12.2 Å². The Morgan fingerprint density at radius 1 is 1.28 bits per heavy atom. The molecule has 2 rings (SSSR count). The molecule has 0 aliphatic heterocycles. The van der Waals surface area contributed by atoms with E-state index in [-0.39, 0.29) is 19.0 Å². The van der Waals surface area contributed by atoms with Crippen molar-refractivity contribution in [2.45, 2.75) is 12.5 Å². The Balaban J connectivity index is 2.62. The highest BCUT2D eigenvalue weighted by Gasteiger charge is 2.39. The smallest absolute Gasteiger partial charge is 0.333 e. The SMILES string of the molecule is C=Cc1cc(C=C)c(OCCO)c(C(C)(Nc2ccc(C(=N)N)cc2)C(=O)O)c1. The van der Waals surface area contributed by atoms with Gasteiger partial charge in [-0.3, -0.25) is 5.41 Å². The topological polar surface area (TPSA) is 129 Å². The molecule has 1 atom stereocenters. The zero-order valence-electron chi connectivity index (χ0n) is 16.2. The minimum atomic E-state index is -1.57. The lowest BCUT2D eigenvalue weighted by Gasteiger charge is -2.31. The van der Waals surface area contributed by atoms with Gasteiger partial charge in [-0.15, -0.1) is 0 Å². The van der Waals surface area contributed by atoms with E-state index in [1.165, 1.54) is 6.92 Å². The van der Waals surface area contributed by atoms with Gasteiger partial charge >= 0.3 is 5.97 Å². The Morgan fingerprint density at radius 2 is 1.93 bits per heavy atom. The Hall–Kier alpha value is -3.58. The number of nitrogens with one attached hydrogen (secondary N) is 2. The summed E-state index contributed by atoms with van der Waals surface area (Å²) < 4.78 is 5.69. The molecular formula is C22H25N3O4. The maximum atomic E-state index is 12.4. The number of nitrogen functional groups attached to an aromatic ring is 1. The summed E-state index contributed by atoms with van der Waals surface area (Å²) in [5, 5.41) is 29.8.